The fraction of sp³-hybridized carbons (Fsp3) is 0.167. The zero-order valence-electron chi connectivity index (χ0n) is 12.0. The molecule has 0 saturated heterocycles. The van der Waals surface area contributed by atoms with E-state index in [2.05, 4.69) is 70.3 Å². The van der Waals surface area contributed by atoms with E-state index in [1.54, 1.807) is 11.3 Å². The number of rotatable bonds is 5. The Morgan fingerprint density at radius 3 is 2.52 bits per heavy atom. The van der Waals surface area contributed by atoms with Crippen LogP contribution in [0.2, 0.25) is 0 Å². The van der Waals surface area contributed by atoms with Crippen molar-refractivity contribution in [2.24, 2.45) is 0 Å². The summed E-state index contributed by atoms with van der Waals surface area (Å²) in [6, 6.07) is 19.1. The quantitative estimate of drug-likeness (QED) is 0.740. The number of nitrogens with one attached hydrogen (secondary N) is 1. The van der Waals surface area contributed by atoms with Gasteiger partial charge in [0.25, 0.3) is 0 Å². The molecule has 0 aliphatic rings. The van der Waals surface area contributed by atoms with Crippen molar-refractivity contribution < 1.29 is 0 Å². The molecular formula is C18H18N2S. The van der Waals surface area contributed by atoms with E-state index in [0.717, 1.165) is 23.7 Å². The monoisotopic (exact) mass is 294 g/mol. The average molecular weight is 294 g/mol. The van der Waals surface area contributed by atoms with Crippen LogP contribution in [0.25, 0.3) is 0 Å². The molecule has 0 bridgehead atoms. The number of aryl methyl sites for hydroxylation is 1. The Hall–Kier alpha value is -2.13. The van der Waals surface area contributed by atoms with E-state index in [4.69, 9.17) is 0 Å². The number of nitrogens with zero attached hydrogens (tertiary/aromatic N) is 1. The van der Waals surface area contributed by atoms with Crippen molar-refractivity contribution in [2.75, 3.05) is 5.32 Å². The largest absolute Gasteiger partial charge is 0.378 e. The number of hydrogen-bond donors (Lipinski definition) is 1. The standard InChI is InChI=1S/C18H18N2S/c1-14-13-21-18(20-14)12-19-17-10-6-5-9-16(17)11-15-7-3-2-4-8-15/h2-10,13,19H,11-12H2,1H3. The molecule has 2 aromatic carbocycles. The first-order chi connectivity index (χ1) is 10.3. The third-order valence-electron chi connectivity index (χ3n) is 3.35. The molecule has 0 radical (unpaired) electrons. The summed E-state index contributed by atoms with van der Waals surface area (Å²) < 4.78 is 0. The average Bonchev–Trinajstić information content (AvgIpc) is 2.93. The lowest BCUT2D eigenvalue weighted by atomic mass is 10.0. The van der Waals surface area contributed by atoms with E-state index in [1.165, 1.54) is 16.8 Å². The number of aromatic nitrogens is 1. The highest BCUT2D eigenvalue weighted by molar-refractivity contribution is 7.09. The van der Waals surface area contributed by atoms with Gasteiger partial charge in [0.05, 0.1) is 6.54 Å². The second-order valence-electron chi connectivity index (χ2n) is 5.06. The lowest BCUT2D eigenvalue weighted by molar-refractivity contribution is 1.06. The van der Waals surface area contributed by atoms with Crippen molar-refractivity contribution in [3.63, 3.8) is 0 Å². The molecule has 1 N–H and O–H groups in total. The van der Waals surface area contributed by atoms with Crippen LogP contribution in [-0.4, -0.2) is 4.98 Å². The molecular weight excluding hydrogens is 276 g/mol. The fourth-order valence-electron chi connectivity index (χ4n) is 2.32. The van der Waals surface area contributed by atoms with Gasteiger partial charge in [-0.05, 0) is 30.5 Å². The van der Waals surface area contributed by atoms with Crippen LogP contribution in [0, 0.1) is 6.92 Å². The van der Waals surface area contributed by atoms with E-state index in [-0.39, 0.29) is 0 Å². The predicted molar refractivity (Wildman–Crippen MR) is 89.9 cm³/mol. The molecule has 3 aromatic rings. The summed E-state index contributed by atoms with van der Waals surface area (Å²) in [5.74, 6) is 0. The normalized spacial score (nSPS) is 10.5. The molecule has 3 heteroatoms. The summed E-state index contributed by atoms with van der Waals surface area (Å²) >= 11 is 1.71. The van der Waals surface area contributed by atoms with Gasteiger partial charge in [0.15, 0.2) is 0 Å². The van der Waals surface area contributed by atoms with Crippen molar-refractivity contribution in [2.45, 2.75) is 19.9 Å². The van der Waals surface area contributed by atoms with Crippen molar-refractivity contribution in [3.05, 3.63) is 81.8 Å². The summed E-state index contributed by atoms with van der Waals surface area (Å²) in [5.41, 5.74) is 4.93. The number of para-hydroxylation sites is 1. The summed E-state index contributed by atoms with van der Waals surface area (Å²) in [6.45, 7) is 2.81. The second-order valence-corrected chi connectivity index (χ2v) is 6.00. The first-order valence-corrected chi connectivity index (χ1v) is 7.96. The molecule has 2 nitrogen and oxygen atoms in total. The molecule has 0 spiro atoms. The first kappa shape index (κ1) is 13.8. The maximum atomic E-state index is 4.50. The second kappa shape index (κ2) is 6.55. The van der Waals surface area contributed by atoms with E-state index >= 15 is 0 Å². The smallest absolute Gasteiger partial charge is 0.112 e. The molecule has 0 aliphatic carbocycles. The molecule has 0 amide bonds. The van der Waals surface area contributed by atoms with Gasteiger partial charge in [0, 0.05) is 16.8 Å². The van der Waals surface area contributed by atoms with Crippen LogP contribution in [0.4, 0.5) is 5.69 Å². The summed E-state index contributed by atoms with van der Waals surface area (Å²) in [6.07, 6.45) is 0.945. The third-order valence-corrected chi connectivity index (χ3v) is 4.32. The molecule has 106 valence electrons. The van der Waals surface area contributed by atoms with Gasteiger partial charge in [-0.15, -0.1) is 11.3 Å². The van der Waals surface area contributed by atoms with Crippen LogP contribution < -0.4 is 5.32 Å². The van der Waals surface area contributed by atoms with Crippen LogP contribution in [0.3, 0.4) is 0 Å². The van der Waals surface area contributed by atoms with Gasteiger partial charge in [-0.1, -0.05) is 48.5 Å². The van der Waals surface area contributed by atoms with E-state index in [1.807, 2.05) is 6.92 Å². The van der Waals surface area contributed by atoms with Gasteiger partial charge >= 0.3 is 0 Å². The highest BCUT2D eigenvalue weighted by atomic mass is 32.1. The zero-order chi connectivity index (χ0) is 14.5. The Morgan fingerprint density at radius 1 is 1.00 bits per heavy atom. The lowest BCUT2D eigenvalue weighted by Gasteiger charge is -2.11. The van der Waals surface area contributed by atoms with Crippen molar-refractivity contribution in [3.8, 4) is 0 Å². The molecule has 0 atom stereocenters. The molecule has 3 rings (SSSR count). The Morgan fingerprint density at radius 2 is 1.76 bits per heavy atom. The summed E-state index contributed by atoms with van der Waals surface area (Å²) in [5, 5.41) is 6.73. The zero-order valence-corrected chi connectivity index (χ0v) is 12.9. The Balaban J connectivity index is 1.73. The fourth-order valence-corrected chi connectivity index (χ4v) is 3.03. The van der Waals surface area contributed by atoms with Crippen molar-refractivity contribution >= 4 is 17.0 Å². The van der Waals surface area contributed by atoms with Gasteiger partial charge < -0.3 is 5.32 Å². The van der Waals surface area contributed by atoms with Gasteiger partial charge in [-0.25, -0.2) is 4.98 Å². The third kappa shape index (κ3) is 3.70. The molecule has 0 saturated carbocycles. The number of thiazole rings is 1. The Labute approximate surface area is 129 Å². The summed E-state index contributed by atoms with van der Waals surface area (Å²) in [7, 11) is 0. The minimum absolute atomic E-state index is 0.782. The lowest BCUT2D eigenvalue weighted by Crippen LogP contribution is -2.02. The van der Waals surface area contributed by atoms with E-state index in [9.17, 15) is 0 Å². The SMILES string of the molecule is Cc1csc(CNc2ccccc2Cc2ccccc2)n1. The maximum absolute atomic E-state index is 4.50. The molecule has 0 unspecified atom stereocenters. The molecule has 0 aliphatic heterocycles. The van der Waals surface area contributed by atoms with E-state index < -0.39 is 0 Å². The number of benzene rings is 2. The minimum Gasteiger partial charge on any atom is -0.378 e. The van der Waals surface area contributed by atoms with E-state index in [0.29, 0.717) is 0 Å². The van der Waals surface area contributed by atoms with Crippen LogP contribution in [-0.2, 0) is 13.0 Å². The molecule has 1 aromatic heterocycles. The van der Waals surface area contributed by atoms with Gasteiger partial charge in [0.2, 0.25) is 0 Å². The number of hydrogen-bond acceptors (Lipinski definition) is 3. The van der Waals surface area contributed by atoms with Crippen LogP contribution >= 0.6 is 11.3 Å². The minimum atomic E-state index is 0.782. The first-order valence-electron chi connectivity index (χ1n) is 7.08. The van der Waals surface area contributed by atoms with Gasteiger partial charge in [-0.3, -0.25) is 0 Å². The molecule has 1 heterocycles. The predicted octanol–water partition coefficient (Wildman–Crippen LogP) is 4.65. The van der Waals surface area contributed by atoms with Crippen molar-refractivity contribution in [1.29, 1.82) is 0 Å². The molecule has 21 heavy (non-hydrogen) atoms. The van der Waals surface area contributed by atoms with Crippen LogP contribution in [0.15, 0.2) is 60.0 Å². The van der Waals surface area contributed by atoms with Crippen LogP contribution in [0.1, 0.15) is 21.8 Å². The summed E-state index contributed by atoms with van der Waals surface area (Å²) in [4.78, 5) is 4.50. The van der Waals surface area contributed by atoms with Gasteiger partial charge in [0.1, 0.15) is 5.01 Å². The highest BCUT2D eigenvalue weighted by Gasteiger charge is 2.04. The number of anilines is 1. The topological polar surface area (TPSA) is 24.9 Å². The Bertz CT molecular complexity index is 704. The van der Waals surface area contributed by atoms with Gasteiger partial charge in [-0.2, -0.15) is 0 Å². The molecule has 0 fully saturated rings. The Kier molecular flexibility index (Phi) is 4.31. The van der Waals surface area contributed by atoms with Crippen LogP contribution in [0.5, 0.6) is 0 Å². The highest BCUT2D eigenvalue weighted by Crippen LogP contribution is 2.20. The maximum Gasteiger partial charge on any atom is 0.112 e. The van der Waals surface area contributed by atoms with Crippen molar-refractivity contribution in [1.82, 2.24) is 4.98 Å².